The van der Waals surface area contributed by atoms with E-state index < -0.39 is 28.7 Å². The van der Waals surface area contributed by atoms with E-state index in [1.165, 1.54) is 27.9 Å². The number of pyridine rings is 1. The third-order valence-corrected chi connectivity index (χ3v) is 6.04. The van der Waals surface area contributed by atoms with Gasteiger partial charge in [-0.25, -0.2) is 4.39 Å². The lowest BCUT2D eigenvalue weighted by Crippen LogP contribution is -2.57. The molecule has 2 aromatic rings. The van der Waals surface area contributed by atoms with E-state index in [1.54, 1.807) is 7.05 Å². The van der Waals surface area contributed by atoms with Gasteiger partial charge >= 0.3 is 0 Å². The maximum atomic E-state index is 14.0. The third-order valence-electron chi connectivity index (χ3n) is 5.80. The van der Waals surface area contributed by atoms with Crippen LogP contribution in [0.3, 0.4) is 0 Å². The first kappa shape index (κ1) is 20.4. The molecule has 1 aromatic carbocycles. The Labute approximate surface area is 177 Å². The number of ketones is 1. The Morgan fingerprint density at radius 3 is 2.77 bits per heavy atom. The standard InChI is InChI=1S/C21H21ClFN3O4/c1-11-7-17-24(2)21(30)18-20(29)19(28)14(10-26(18)25(17)9-11)16(27)6-4-12-3-5-13(22)8-15(12)23/h3,5,8,10-11,17,29H,4,6-7,9H2,1-2H3/t11-,17-/m0/s1. The number of hydrogen-bond acceptors (Lipinski definition) is 5. The van der Waals surface area contributed by atoms with Crippen molar-refractivity contribution >= 4 is 23.3 Å². The molecule has 0 radical (unpaired) electrons. The van der Waals surface area contributed by atoms with Crippen LogP contribution in [0.25, 0.3) is 0 Å². The number of aryl methyl sites for hydroxylation is 1. The van der Waals surface area contributed by atoms with Gasteiger partial charge in [-0.15, -0.1) is 0 Å². The van der Waals surface area contributed by atoms with Crippen molar-refractivity contribution in [3.8, 4) is 5.75 Å². The molecule has 4 rings (SSSR count). The predicted molar refractivity (Wildman–Crippen MR) is 109 cm³/mol. The Morgan fingerprint density at radius 1 is 1.33 bits per heavy atom. The summed E-state index contributed by atoms with van der Waals surface area (Å²) >= 11 is 5.74. The van der Waals surface area contributed by atoms with Gasteiger partial charge in [0.25, 0.3) is 5.91 Å². The average molecular weight is 434 g/mol. The zero-order valence-electron chi connectivity index (χ0n) is 16.6. The molecule has 0 bridgehead atoms. The number of carbonyl (C=O) groups is 2. The van der Waals surface area contributed by atoms with Crippen LogP contribution >= 0.6 is 11.6 Å². The van der Waals surface area contributed by atoms with Crippen LogP contribution in [0.1, 0.15) is 46.2 Å². The second kappa shape index (κ2) is 7.43. The van der Waals surface area contributed by atoms with Crippen molar-refractivity contribution in [2.75, 3.05) is 18.6 Å². The molecule has 2 aliphatic heterocycles. The quantitative estimate of drug-likeness (QED) is 0.749. The number of aromatic nitrogens is 1. The van der Waals surface area contributed by atoms with Crippen LogP contribution in [-0.4, -0.2) is 46.1 Å². The number of Topliss-reactive ketones (excluding diaryl/α,β-unsaturated/α-hetero) is 1. The molecule has 2 atom stereocenters. The number of amides is 1. The molecule has 9 heteroatoms. The average Bonchev–Trinajstić information content (AvgIpc) is 3.09. The first-order valence-corrected chi connectivity index (χ1v) is 10.1. The highest BCUT2D eigenvalue weighted by Gasteiger charge is 2.43. The Morgan fingerprint density at radius 2 is 2.07 bits per heavy atom. The number of hydrogen-bond donors (Lipinski definition) is 1. The fourth-order valence-electron chi connectivity index (χ4n) is 4.19. The first-order valence-electron chi connectivity index (χ1n) is 9.69. The van der Waals surface area contributed by atoms with Crippen LogP contribution in [0.2, 0.25) is 5.02 Å². The molecule has 0 aliphatic carbocycles. The highest BCUT2D eigenvalue weighted by molar-refractivity contribution is 6.30. The van der Waals surface area contributed by atoms with Gasteiger partial charge < -0.3 is 10.0 Å². The second-order valence-corrected chi connectivity index (χ2v) is 8.37. The van der Waals surface area contributed by atoms with Gasteiger partial charge in [-0.05, 0) is 36.5 Å². The number of fused-ring (bicyclic) bond motifs is 3. The van der Waals surface area contributed by atoms with Crippen LogP contribution in [0, 0.1) is 11.7 Å². The number of benzene rings is 1. The topological polar surface area (TPSA) is 82.9 Å². The van der Waals surface area contributed by atoms with Gasteiger partial charge in [-0.1, -0.05) is 24.6 Å². The van der Waals surface area contributed by atoms with Crippen molar-refractivity contribution in [1.82, 2.24) is 9.58 Å². The SMILES string of the molecule is C[C@H]1C[C@H]2N(C)C(=O)c3c(O)c(=O)c(C(=O)CCc4ccc(Cl)cc4F)cn3N2C1. The zero-order chi connectivity index (χ0) is 21.7. The van der Waals surface area contributed by atoms with Crippen molar-refractivity contribution in [3.63, 3.8) is 0 Å². The van der Waals surface area contributed by atoms with Gasteiger partial charge in [0.15, 0.2) is 17.2 Å². The lowest BCUT2D eigenvalue weighted by molar-refractivity contribution is 0.0653. The molecule has 0 saturated carbocycles. The molecule has 1 amide bonds. The summed E-state index contributed by atoms with van der Waals surface area (Å²) < 4.78 is 15.4. The van der Waals surface area contributed by atoms with Crippen molar-refractivity contribution in [2.45, 2.75) is 32.4 Å². The summed E-state index contributed by atoms with van der Waals surface area (Å²) in [5, 5.41) is 12.6. The Bertz CT molecular complexity index is 1120. The largest absolute Gasteiger partial charge is 0.502 e. The highest BCUT2D eigenvalue weighted by Crippen LogP contribution is 2.31. The number of halogens is 2. The molecule has 7 nitrogen and oxygen atoms in total. The molecule has 3 heterocycles. The van der Waals surface area contributed by atoms with Gasteiger partial charge in [0.2, 0.25) is 5.43 Å². The first-order chi connectivity index (χ1) is 14.2. The van der Waals surface area contributed by atoms with E-state index in [1.807, 2.05) is 11.9 Å². The van der Waals surface area contributed by atoms with Crippen LogP contribution in [0.15, 0.2) is 29.2 Å². The van der Waals surface area contributed by atoms with E-state index in [0.29, 0.717) is 18.0 Å². The summed E-state index contributed by atoms with van der Waals surface area (Å²) in [6.45, 7) is 2.66. The fourth-order valence-corrected chi connectivity index (χ4v) is 4.34. The molecule has 1 fully saturated rings. The van der Waals surface area contributed by atoms with Crippen molar-refractivity contribution < 1.29 is 19.1 Å². The molecule has 0 spiro atoms. The van der Waals surface area contributed by atoms with Crippen LogP contribution in [0.5, 0.6) is 5.75 Å². The van der Waals surface area contributed by atoms with Crippen LogP contribution < -0.4 is 10.4 Å². The van der Waals surface area contributed by atoms with E-state index in [2.05, 4.69) is 0 Å². The van der Waals surface area contributed by atoms with Crippen molar-refractivity contribution in [2.24, 2.45) is 5.92 Å². The van der Waals surface area contributed by atoms with Gasteiger partial charge in [0.05, 0.1) is 5.56 Å². The summed E-state index contributed by atoms with van der Waals surface area (Å²) in [6, 6.07) is 4.19. The zero-order valence-corrected chi connectivity index (χ0v) is 17.3. The van der Waals surface area contributed by atoms with Gasteiger partial charge in [0.1, 0.15) is 12.0 Å². The smallest absolute Gasteiger partial charge is 0.277 e. The monoisotopic (exact) mass is 433 g/mol. The molecule has 1 N–H and O–H groups in total. The van der Waals surface area contributed by atoms with E-state index in [0.717, 1.165) is 12.5 Å². The van der Waals surface area contributed by atoms with E-state index in [4.69, 9.17) is 11.6 Å². The number of aromatic hydroxyl groups is 1. The van der Waals surface area contributed by atoms with E-state index in [9.17, 15) is 23.9 Å². The molecule has 1 aromatic heterocycles. The van der Waals surface area contributed by atoms with Gasteiger partial charge in [0, 0.05) is 31.2 Å². The lowest BCUT2D eigenvalue weighted by atomic mass is 10.0. The van der Waals surface area contributed by atoms with Crippen molar-refractivity contribution in [1.29, 1.82) is 0 Å². The Balaban J connectivity index is 1.68. The summed E-state index contributed by atoms with van der Waals surface area (Å²) in [5.41, 5.74) is -0.954. The molecule has 2 aliphatic rings. The maximum absolute atomic E-state index is 14.0. The van der Waals surface area contributed by atoms with Crippen LogP contribution in [-0.2, 0) is 6.42 Å². The highest BCUT2D eigenvalue weighted by atomic mass is 35.5. The number of carbonyl (C=O) groups excluding carboxylic acids is 2. The summed E-state index contributed by atoms with van der Waals surface area (Å²) in [7, 11) is 1.63. The lowest BCUT2D eigenvalue weighted by Gasteiger charge is -2.41. The predicted octanol–water partition coefficient (Wildman–Crippen LogP) is 2.55. The number of rotatable bonds is 4. The van der Waals surface area contributed by atoms with Crippen LogP contribution in [0.4, 0.5) is 4.39 Å². The minimum absolute atomic E-state index is 0.0782. The molecular weight excluding hydrogens is 413 g/mol. The Kier molecular flexibility index (Phi) is 5.05. The summed E-state index contributed by atoms with van der Waals surface area (Å²) in [6.07, 6.45) is 1.81. The van der Waals surface area contributed by atoms with Gasteiger partial charge in [-0.3, -0.25) is 24.1 Å². The summed E-state index contributed by atoms with van der Waals surface area (Å²) in [4.78, 5) is 39.7. The molecule has 30 heavy (non-hydrogen) atoms. The maximum Gasteiger partial charge on any atom is 0.277 e. The van der Waals surface area contributed by atoms with E-state index in [-0.39, 0.29) is 35.3 Å². The molecular formula is C21H21ClFN3O4. The minimum atomic E-state index is -0.893. The summed E-state index contributed by atoms with van der Waals surface area (Å²) in [5.74, 6) is -1.97. The van der Waals surface area contributed by atoms with E-state index >= 15 is 0 Å². The Hall–Kier alpha value is -2.87. The second-order valence-electron chi connectivity index (χ2n) is 7.93. The molecule has 1 saturated heterocycles. The normalized spacial score (nSPS) is 20.3. The van der Waals surface area contributed by atoms with Gasteiger partial charge in [-0.2, -0.15) is 0 Å². The molecule has 0 unspecified atom stereocenters. The molecule has 158 valence electrons. The fraction of sp³-hybridized carbons (Fsp3) is 0.381. The minimum Gasteiger partial charge on any atom is -0.502 e. The third kappa shape index (κ3) is 3.25. The van der Waals surface area contributed by atoms with Crippen molar-refractivity contribution in [3.05, 3.63) is 62.3 Å². The number of nitrogens with zero attached hydrogens (tertiary/aromatic N) is 3.